The van der Waals surface area contributed by atoms with Gasteiger partial charge < -0.3 is 30.3 Å². The molecule has 1 amide bonds. The molecule has 3 rings (SSSR count). The number of carboxylic acid groups (broad SMARTS) is 1. The fourth-order valence-corrected chi connectivity index (χ4v) is 4.42. The Labute approximate surface area is 172 Å². The molecule has 164 valence electrons. The Kier molecular flexibility index (Phi) is 7.54. The van der Waals surface area contributed by atoms with Crippen molar-refractivity contribution in [1.29, 1.82) is 5.41 Å². The predicted octanol–water partition coefficient (Wildman–Crippen LogP) is -0.105. The zero-order valence-electron chi connectivity index (χ0n) is 17.1. The third-order valence-electron chi connectivity index (χ3n) is 6.18. The lowest BCUT2D eigenvalue weighted by Crippen LogP contribution is -2.49. The Morgan fingerprint density at radius 2 is 1.76 bits per heavy atom. The van der Waals surface area contributed by atoms with Gasteiger partial charge in [0.25, 0.3) is 0 Å². The van der Waals surface area contributed by atoms with Crippen molar-refractivity contribution >= 4 is 18.0 Å². The van der Waals surface area contributed by atoms with Crippen molar-refractivity contribution in [3.63, 3.8) is 0 Å². The van der Waals surface area contributed by atoms with Crippen molar-refractivity contribution in [2.24, 2.45) is 11.7 Å². The van der Waals surface area contributed by atoms with Gasteiger partial charge in [-0.05, 0) is 31.7 Å². The maximum Gasteiger partial charge on any atom is 0.410 e. The summed E-state index contributed by atoms with van der Waals surface area (Å²) in [4.78, 5) is 31.2. The molecule has 10 heteroatoms. The van der Waals surface area contributed by atoms with Crippen LogP contribution in [-0.2, 0) is 9.53 Å². The van der Waals surface area contributed by atoms with Gasteiger partial charge in [-0.25, -0.2) is 4.79 Å². The molecule has 3 saturated heterocycles. The molecule has 0 aromatic heterocycles. The predicted molar refractivity (Wildman–Crippen MR) is 108 cm³/mol. The molecule has 4 N–H and O–H groups in total. The van der Waals surface area contributed by atoms with Gasteiger partial charge >= 0.3 is 12.1 Å². The Morgan fingerprint density at radius 3 is 2.38 bits per heavy atom. The first-order chi connectivity index (χ1) is 13.9. The van der Waals surface area contributed by atoms with Gasteiger partial charge in [-0.1, -0.05) is 0 Å². The largest absolute Gasteiger partial charge is 0.481 e. The average Bonchev–Trinajstić information content (AvgIpc) is 3.02. The van der Waals surface area contributed by atoms with E-state index in [1.165, 1.54) is 0 Å². The molecule has 10 nitrogen and oxygen atoms in total. The van der Waals surface area contributed by atoms with Gasteiger partial charge in [0.15, 0.2) is 5.96 Å². The fraction of sp³-hybridized carbons (Fsp3) is 0.842. The first kappa shape index (κ1) is 21.6. The summed E-state index contributed by atoms with van der Waals surface area (Å²) in [6, 6.07) is 0. The number of likely N-dealkylation sites (tertiary alicyclic amines) is 1. The molecule has 0 aromatic rings. The maximum atomic E-state index is 12.3. The molecule has 0 aromatic carbocycles. The second-order valence-corrected chi connectivity index (χ2v) is 8.37. The third kappa shape index (κ3) is 6.46. The van der Waals surface area contributed by atoms with Crippen LogP contribution < -0.4 is 5.73 Å². The van der Waals surface area contributed by atoms with E-state index in [1.807, 2.05) is 9.80 Å². The number of carbonyl (C=O) groups is 2. The number of hydrogen-bond donors (Lipinski definition) is 3. The standard InChI is InChI=1S/C19H34N6O4/c20-18(21)24-6-3-15(4-7-24)12-25-14-16(29-19(25)28)13-23-10-8-22(9-11-23)5-1-2-17(26)27/h15-16H,1-14H2,(H3,20,21)(H,26,27). The molecule has 0 bridgehead atoms. The lowest BCUT2D eigenvalue weighted by atomic mass is 9.96. The maximum absolute atomic E-state index is 12.3. The van der Waals surface area contributed by atoms with Crippen molar-refractivity contribution in [3.8, 4) is 0 Å². The first-order valence-electron chi connectivity index (χ1n) is 10.6. The summed E-state index contributed by atoms with van der Waals surface area (Å²) in [5.41, 5.74) is 5.54. The van der Waals surface area contributed by atoms with Crippen molar-refractivity contribution in [1.82, 2.24) is 19.6 Å². The lowest BCUT2D eigenvalue weighted by molar-refractivity contribution is -0.137. The van der Waals surface area contributed by atoms with Crippen LogP contribution in [0, 0.1) is 11.3 Å². The van der Waals surface area contributed by atoms with Crippen LogP contribution in [0.25, 0.3) is 0 Å². The molecule has 0 radical (unpaired) electrons. The third-order valence-corrected chi connectivity index (χ3v) is 6.18. The molecule has 3 fully saturated rings. The van der Waals surface area contributed by atoms with Crippen LogP contribution in [0.15, 0.2) is 0 Å². The highest BCUT2D eigenvalue weighted by atomic mass is 16.6. The van der Waals surface area contributed by atoms with E-state index in [0.717, 1.165) is 71.7 Å². The quantitative estimate of drug-likeness (QED) is 0.374. The van der Waals surface area contributed by atoms with Crippen LogP contribution in [0.2, 0.25) is 0 Å². The minimum Gasteiger partial charge on any atom is -0.481 e. The second kappa shape index (κ2) is 10.1. The van der Waals surface area contributed by atoms with E-state index in [9.17, 15) is 9.59 Å². The average molecular weight is 411 g/mol. The highest BCUT2D eigenvalue weighted by Crippen LogP contribution is 2.22. The number of aliphatic carboxylic acids is 1. The van der Waals surface area contributed by atoms with Gasteiger partial charge in [0.1, 0.15) is 6.10 Å². The smallest absolute Gasteiger partial charge is 0.410 e. The van der Waals surface area contributed by atoms with Gasteiger partial charge in [-0.15, -0.1) is 0 Å². The zero-order valence-corrected chi connectivity index (χ0v) is 17.1. The van der Waals surface area contributed by atoms with E-state index in [4.69, 9.17) is 21.0 Å². The number of carboxylic acids is 1. The number of hydrogen-bond acceptors (Lipinski definition) is 6. The normalized spacial score (nSPS) is 24.7. The minimum atomic E-state index is -0.736. The highest BCUT2D eigenvalue weighted by molar-refractivity contribution is 5.74. The SMILES string of the molecule is N=C(N)N1CCC(CN2CC(CN3CCN(CCCC(=O)O)CC3)OC2=O)CC1. The van der Waals surface area contributed by atoms with Crippen LogP contribution in [0.5, 0.6) is 0 Å². The molecule has 0 aliphatic carbocycles. The number of piperazine rings is 1. The van der Waals surface area contributed by atoms with E-state index >= 15 is 0 Å². The van der Waals surface area contributed by atoms with Crippen molar-refractivity contribution < 1.29 is 19.4 Å². The molecule has 1 atom stereocenters. The number of nitrogens with zero attached hydrogens (tertiary/aromatic N) is 4. The molecule has 29 heavy (non-hydrogen) atoms. The van der Waals surface area contributed by atoms with Crippen molar-refractivity contribution in [2.45, 2.75) is 31.8 Å². The second-order valence-electron chi connectivity index (χ2n) is 8.37. The van der Waals surface area contributed by atoms with Crippen LogP contribution in [0.4, 0.5) is 4.79 Å². The van der Waals surface area contributed by atoms with Gasteiger partial charge in [-0.3, -0.25) is 15.1 Å². The summed E-state index contributed by atoms with van der Waals surface area (Å²) in [5.74, 6) is -0.169. The Bertz CT molecular complexity index is 587. The van der Waals surface area contributed by atoms with Gasteiger partial charge in [0.2, 0.25) is 0 Å². The van der Waals surface area contributed by atoms with Crippen LogP contribution in [-0.4, -0.2) is 114 Å². The van der Waals surface area contributed by atoms with Crippen LogP contribution in [0.1, 0.15) is 25.7 Å². The fourth-order valence-electron chi connectivity index (χ4n) is 4.42. The molecule has 0 spiro atoms. The summed E-state index contributed by atoms with van der Waals surface area (Å²) in [7, 11) is 0. The molecule has 3 heterocycles. The molecular weight excluding hydrogens is 376 g/mol. The van der Waals surface area contributed by atoms with E-state index in [2.05, 4.69) is 9.80 Å². The van der Waals surface area contributed by atoms with Gasteiger partial charge in [-0.2, -0.15) is 0 Å². The number of carbonyl (C=O) groups excluding carboxylic acids is 1. The number of guanidine groups is 1. The number of rotatable bonds is 8. The zero-order chi connectivity index (χ0) is 20.8. The van der Waals surface area contributed by atoms with E-state index in [1.54, 1.807) is 0 Å². The summed E-state index contributed by atoms with van der Waals surface area (Å²) in [5, 5.41) is 16.2. The van der Waals surface area contributed by atoms with Crippen molar-refractivity contribution in [3.05, 3.63) is 0 Å². The number of nitrogens with two attached hydrogens (primary N) is 1. The highest BCUT2D eigenvalue weighted by Gasteiger charge is 2.35. The number of nitrogens with one attached hydrogen (secondary N) is 1. The van der Waals surface area contributed by atoms with E-state index in [-0.39, 0.29) is 24.6 Å². The number of piperidine rings is 1. The van der Waals surface area contributed by atoms with Gasteiger partial charge in [0, 0.05) is 58.8 Å². The van der Waals surface area contributed by atoms with Crippen LogP contribution >= 0.6 is 0 Å². The number of amides is 1. The lowest BCUT2D eigenvalue weighted by Gasteiger charge is -2.35. The number of cyclic esters (lactones) is 1. The van der Waals surface area contributed by atoms with Crippen LogP contribution in [0.3, 0.4) is 0 Å². The topological polar surface area (TPSA) is 126 Å². The number of ether oxygens (including phenoxy) is 1. The van der Waals surface area contributed by atoms with Gasteiger partial charge in [0.05, 0.1) is 6.54 Å². The molecular formula is C19H34N6O4. The molecule has 1 unspecified atom stereocenters. The van der Waals surface area contributed by atoms with E-state index < -0.39 is 5.97 Å². The van der Waals surface area contributed by atoms with Crippen molar-refractivity contribution in [2.75, 3.05) is 65.4 Å². The summed E-state index contributed by atoms with van der Waals surface area (Å²) < 4.78 is 5.60. The summed E-state index contributed by atoms with van der Waals surface area (Å²) in [6.45, 7) is 8.21. The first-order valence-corrected chi connectivity index (χ1v) is 10.6. The molecule has 0 saturated carbocycles. The Morgan fingerprint density at radius 1 is 1.10 bits per heavy atom. The van der Waals surface area contributed by atoms with E-state index in [0.29, 0.717) is 18.9 Å². The Balaban J connectivity index is 1.34. The monoisotopic (exact) mass is 410 g/mol. The molecule has 3 aliphatic heterocycles. The summed E-state index contributed by atoms with van der Waals surface area (Å²) >= 11 is 0. The Hall–Kier alpha value is -2.07. The minimum absolute atomic E-state index is 0.0848. The molecule has 3 aliphatic rings. The summed E-state index contributed by atoms with van der Waals surface area (Å²) in [6.07, 6.45) is 2.50.